The van der Waals surface area contributed by atoms with Crippen LogP contribution in [0.15, 0.2) is 6.33 Å². The van der Waals surface area contributed by atoms with Crippen LogP contribution in [0.1, 0.15) is 32.0 Å². The quantitative estimate of drug-likeness (QED) is 0.759. The van der Waals surface area contributed by atoms with Crippen molar-refractivity contribution < 1.29 is 0 Å². The van der Waals surface area contributed by atoms with Crippen molar-refractivity contribution in [3.63, 3.8) is 0 Å². The number of hydrogen-bond donors (Lipinski definition) is 1. The van der Waals surface area contributed by atoms with E-state index in [0.29, 0.717) is 0 Å². The van der Waals surface area contributed by atoms with Gasteiger partial charge in [0.15, 0.2) is 0 Å². The maximum Gasteiger partial charge on any atom is 0.138 e. The van der Waals surface area contributed by atoms with Gasteiger partial charge in [0.25, 0.3) is 0 Å². The van der Waals surface area contributed by atoms with Gasteiger partial charge >= 0.3 is 0 Å². The van der Waals surface area contributed by atoms with Gasteiger partial charge in [-0.15, -0.1) is 10.2 Å². The van der Waals surface area contributed by atoms with Crippen LogP contribution in [0.4, 0.5) is 0 Å². The van der Waals surface area contributed by atoms with Crippen LogP contribution in [0.2, 0.25) is 0 Å². The van der Waals surface area contributed by atoms with E-state index in [1.807, 2.05) is 7.05 Å². The molecule has 0 atom stereocenters. The summed E-state index contributed by atoms with van der Waals surface area (Å²) in [5.41, 5.74) is 0.260. The normalized spacial score (nSPS) is 21.0. The maximum atomic E-state index is 4.27. The Kier molecular flexibility index (Phi) is 2.54. The van der Waals surface area contributed by atoms with E-state index < -0.39 is 0 Å². The van der Waals surface area contributed by atoms with Crippen LogP contribution in [0, 0.1) is 0 Å². The second-order valence-electron chi connectivity index (χ2n) is 4.15. The van der Waals surface area contributed by atoms with Crippen molar-refractivity contribution in [3.8, 4) is 0 Å². The molecule has 1 aliphatic rings. The summed E-state index contributed by atoms with van der Waals surface area (Å²) in [5, 5.41) is 11.6. The number of nitrogens with one attached hydrogen (secondary N) is 1. The van der Waals surface area contributed by atoms with Crippen molar-refractivity contribution in [2.45, 2.75) is 31.6 Å². The highest BCUT2D eigenvalue weighted by Gasteiger charge is 2.35. The topological polar surface area (TPSA) is 42.7 Å². The van der Waals surface area contributed by atoms with Crippen LogP contribution in [0.25, 0.3) is 0 Å². The van der Waals surface area contributed by atoms with Crippen LogP contribution in [0.3, 0.4) is 0 Å². The van der Waals surface area contributed by atoms with E-state index in [-0.39, 0.29) is 5.41 Å². The maximum absolute atomic E-state index is 4.27. The molecule has 0 aromatic carbocycles. The molecule has 1 N–H and O–H groups in total. The first-order chi connectivity index (χ1) is 6.78. The lowest BCUT2D eigenvalue weighted by atomic mass is 9.76. The summed E-state index contributed by atoms with van der Waals surface area (Å²) in [6.45, 7) is 4.45. The molecule has 0 radical (unpaired) electrons. The van der Waals surface area contributed by atoms with Gasteiger partial charge in [0.1, 0.15) is 12.2 Å². The Balaban J connectivity index is 2.31. The lowest BCUT2D eigenvalue weighted by molar-refractivity contribution is 0.276. The van der Waals surface area contributed by atoms with Crippen LogP contribution in [0.5, 0.6) is 0 Å². The average molecular weight is 194 g/mol. The molecule has 1 fully saturated rings. The Bertz CT molecular complexity index is 299. The summed E-state index contributed by atoms with van der Waals surface area (Å²) in [6.07, 6.45) is 5.31. The predicted octanol–water partition coefficient (Wildman–Crippen LogP) is 0.846. The number of aromatic nitrogens is 3. The molecule has 4 heteroatoms. The fourth-order valence-corrected chi connectivity index (χ4v) is 2.40. The molecule has 0 bridgehead atoms. The van der Waals surface area contributed by atoms with Crippen LogP contribution in [-0.2, 0) is 12.5 Å². The molecule has 2 rings (SSSR count). The van der Waals surface area contributed by atoms with E-state index >= 15 is 0 Å². The first-order valence-electron chi connectivity index (χ1n) is 5.34. The second kappa shape index (κ2) is 3.69. The van der Waals surface area contributed by atoms with Crippen LogP contribution < -0.4 is 5.32 Å². The molecule has 0 unspecified atom stereocenters. The predicted molar refractivity (Wildman–Crippen MR) is 55.1 cm³/mol. The Morgan fingerprint density at radius 1 is 1.50 bits per heavy atom. The monoisotopic (exact) mass is 194 g/mol. The third-order valence-corrected chi connectivity index (χ3v) is 3.42. The van der Waals surface area contributed by atoms with Crippen molar-refractivity contribution in [1.29, 1.82) is 0 Å². The Morgan fingerprint density at radius 3 is 2.71 bits per heavy atom. The molecule has 0 spiro atoms. The largest absolute Gasteiger partial charge is 0.320 e. The van der Waals surface area contributed by atoms with E-state index in [1.165, 1.54) is 12.8 Å². The fraction of sp³-hybridized carbons (Fsp3) is 0.800. The van der Waals surface area contributed by atoms with E-state index in [0.717, 1.165) is 25.3 Å². The SMILES string of the molecule is CCC1(c2nncn2C)CCNCC1. The smallest absolute Gasteiger partial charge is 0.138 e. The molecule has 1 saturated heterocycles. The van der Waals surface area contributed by atoms with Gasteiger partial charge in [0.05, 0.1) is 0 Å². The minimum Gasteiger partial charge on any atom is -0.320 e. The van der Waals surface area contributed by atoms with Crippen molar-refractivity contribution >= 4 is 0 Å². The third kappa shape index (κ3) is 1.43. The van der Waals surface area contributed by atoms with E-state index in [1.54, 1.807) is 6.33 Å². The first kappa shape index (κ1) is 9.65. The number of piperidine rings is 1. The van der Waals surface area contributed by atoms with E-state index in [9.17, 15) is 0 Å². The minimum atomic E-state index is 0.260. The Hall–Kier alpha value is -0.900. The van der Waals surface area contributed by atoms with E-state index in [2.05, 4.69) is 27.0 Å². The summed E-state index contributed by atoms with van der Waals surface area (Å²) < 4.78 is 2.06. The minimum absolute atomic E-state index is 0.260. The molecule has 78 valence electrons. The molecule has 4 nitrogen and oxygen atoms in total. The van der Waals surface area contributed by atoms with Crippen LogP contribution in [-0.4, -0.2) is 27.9 Å². The lowest BCUT2D eigenvalue weighted by Gasteiger charge is -2.35. The number of nitrogens with zero attached hydrogens (tertiary/aromatic N) is 3. The Labute approximate surface area is 84.7 Å². The van der Waals surface area contributed by atoms with Gasteiger partial charge in [-0.05, 0) is 32.4 Å². The van der Waals surface area contributed by atoms with Crippen molar-refractivity contribution in [3.05, 3.63) is 12.2 Å². The molecule has 0 aliphatic carbocycles. The van der Waals surface area contributed by atoms with Gasteiger partial charge in [-0.3, -0.25) is 0 Å². The Morgan fingerprint density at radius 2 is 2.21 bits per heavy atom. The second-order valence-corrected chi connectivity index (χ2v) is 4.15. The van der Waals surface area contributed by atoms with Gasteiger partial charge in [-0.25, -0.2) is 0 Å². The molecule has 0 amide bonds. The highest BCUT2D eigenvalue weighted by atomic mass is 15.3. The number of aryl methyl sites for hydroxylation is 1. The zero-order valence-corrected chi connectivity index (χ0v) is 8.95. The first-order valence-corrected chi connectivity index (χ1v) is 5.34. The van der Waals surface area contributed by atoms with Crippen molar-refractivity contribution in [2.24, 2.45) is 7.05 Å². The summed E-state index contributed by atoms with van der Waals surface area (Å²) in [4.78, 5) is 0. The van der Waals surface area contributed by atoms with Gasteiger partial charge in [-0.2, -0.15) is 0 Å². The molecule has 2 heterocycles. The molecule has 1 aromatic rings. The zero-order valence-electron chi connectivity index (χ0n) is 8.95. The average Bonchev–Trinajstić information content (AvgIpc) is 2.66. The van der Waals surface area contributed by atoms with Gasteiger partial charge < -0.3 is 9.88 Å². The van der Waals surface area contributed by atoms with Crippen molar-refractivity contribution in [1.82, 2.24) is 20.1 Å². The fourth-order valence-electron chi connectivity index (χ4n) is 2.40. The summed E-state index contributed by atoms with van der Waals surface area (Å²) in [5.74, 6) is 1.15. The molecular formula is C10H18N4. The van der Waals surface area contributed by atoms with Gasteiger partial charge in [-0.1, -0.05) is 6.92 Å². The summed E-state index contributed by atoms with van der Waals surface area (Å²) in [6, 6.07) is 0. The molecular weight excluding hydrogens is 176 g/mol. The van der Waals surface area contributed by atoms with Gasteiger partial charge in [0.2, 0.25) is 0 Å². The number of hydrogen-bond acceptors (Lipinski definition) is 3. The van der Waals surface area contributed by atoms with E-state index in [4.69, 9.17) is 0 Å². The summed E-state index contributed by atoms with van der Waals surface area (Å²) in [7, 11) is 2.04. The standard InChI is InChI=1S/C10H18N4/c1-3-10(4-6-11-7-5-10)9-13-12-8-14(9)2/h8,11H,3-7H2,1-2H3. The highest BCUT2D eigenvalue weighted by Crippen LogP contribution is 2.34. The third-order valence-electron chi connectivity index (χ3n) is 3.42. The molecule has 14 heavy (non-hydrogen) atoms. The van der Waals surface area contributed by atoms with Crippen LogP contribution >= 0.6 is 0 Å². The lowest BCUT2D eigenvalue weighted by Crippen LogP contribution is -2.41. The molecule has 0 saturated carbocycles. The summed E-state index contributed by atoms with van der Waals surface area (Å²) >= 11 is 0. The molecule has 1 aromatic heterocycles. The van der Waals surface area contributed by atoms with Crippen molar-refractivity contribution in [2.75, 3.05) is 13.1 Å². The number of rotatable bonds is 2. The zero-order chi connectivity index (χ0) is 10.0. The van der Waals surface area contributed by atoms with Gasteiger partial charge in [0, 0.05) is 12.5 Å². The molecule has 1 aliphatic heterocycles. The highest BCUT2D eigenvalue weighted by molar-refractivity contribution is 5.09.